The van der Waals surface area contributed by atoms with Crippen molar-refractivity contribution in [2.45, 2.75) is 58.9 Å². The lowest BCUT2D eigenvalue weighted by Gasteiger charge is -2.49. The smallest absolute Gasteiger partial charge is 0.349 e. The van der Waals surface area contributed by atoms with Gasteiger partial charge in [-0.3, -0.25) is 9.47 Å². The second kappa shape index (κ2) is 8.96. The summed E-state index contributed by atoms with van der Waals surface area (Å²) in [5.74, 6) is 1.58. The van der Waals surface area contributed by atoms with Gasteiger partial charge in [-0.1, -0.05) is 26.0 Å². The lowest BCUT2D eigenvalue weighted by atomic mass is 9.90. The van der Waals surface area contributed by atoms with Gasteiger partial charge in [-0.05, 0) is 44.4 Å². The maximum atomic E-state index is 13.1. The molecular weight excluding hydrogens is 457 g/mol. The summed E-state index contributed by atoms with van der Waals surface area (Å²) in [6.07, 6.45) is -4.35. The highest BCUT2D eigenvalue weighted by atomic mass is 19.4. The Morgan fingerprint density at radius 2 is 1.60 bits per heavy atom. The van der Waals surface area contributed by atoms with Gasteiger partial charge < -0.3 is 9.47 Å². The third-order valence-electron chi connectivity index (χ3n) is 7.18. The Bertz CT molecular complexity index is 1280. The molecule has 1 fully saturated rings. The van der Waals surface area contributed by atoms with Crippen LogP contribution in [0.2, 0.25) is 0 Å². The van der Waals surface area contributed by atoms with Crippen LogP contribution in [0.4, 0.5) is 19.0 Å². The number of benzene rings is 1. The summed E-state index contributed by atoms with van der Waals surface area (Å²) in [5, 5.41) is 0. The van der Waals surface area contributed by atoms with Crippen molar-refractivity contribution >= 4 is 17.0 Å². The minimum Gasteiger partial charge on any atom is -0.349 e. The third kappa shape index (κ3) is 4.44. The highest BCUT2D eigenvalue weighted by molar-refractivity contribution is 5.84. The van der Waals surface area contributed by atoms with Crippen molar-refractivity contribution in [3.8, 4) is 0 Å². The molecule has 3 heterocycles. The minimum absolute atomic E-state index is 0.0204. The van der Waals surface area contributed by atoms with Crippen LogP contribution in [-0.2, 0) is 20.3 Å². The van der Waals surface area contributed by atoms with Gasteiger partial charge in [0.05, 0.1) is 5.56 Å². The summed E-state index contributed by atoms with van der Waals surface area (Å²) in [7, 11) is 3.58. The monoisotopic (exact) mass is 490 g/mol. The van der Waals surface area contributed by atoms with E-state index in [0.29, 0.717) is 24.4 Å². The number of fused-ring (bicyclic) bond motifs is 1. The van der Waals surface area contributed by atoms with E-state index in [0.717, 1.165) is 17.0 Å². The minimum atomic E-state index is -4.35. The Morgan fingerprint density at radius 3 is 2.17 bits per heavy atom. The van der Waals surface area contributed by atoms with Gasteiger partial charge >= 0.3 is 11.9 Å². The average Bonchev–Trinajstić information content (AvgIpc) is 3.07. The molecule has 0 spiro atoms. The summed E-state index contributed by atoms with van der Waals surface area (Å²) in [6, 6.07) is 5.58. The molecule has 1 aliphatic heterocycles. The first kappa shape index (κ1) is 25.2. The molecule has 0 bridgehead atoms. The Morgan fingerprint density at radius 1 is 0.971 bits per heavy atom. The number of alkyl halides is 3. The third-order valence-corrected chi connectivity index (χ3v) is 7.18. The summed E-state index contributed by atoms with van der Waals surface area (Å²) < 4.78 is 42.7. The molecule has 2 aromatic heterocycles. The molecule has 10 heteroatoms. The van der Waals surface area contributed by atoms with Gasteiger partial charge in [-0.2, -0.15) is 18.2 Å². The van der Waals surface area contributed by atoms with E-state index in [1.165, 1.54) is 16.7 Å². The van der Waals surface area contributed by atoms with Gasteiger partial charge in [0.2, 0.25) is 0 Å². The van der Waals surface area contributed by atoms with Crippen molar-refractivity contribution in [3.05, 3.63) is 51.7 Å². The van der Waals surface area contributed by atoms with Gasteiger partial charge in [0.25, 0.3) is 0 Å². The van der Waals surface area contributed by atoms with Crippen molar-refractivity contribution in [3.63, 3.8) is 0 Å². The summed E-state index contributed by atoms with van der Waals surface area (Å²) in [5.41, 5.74) is 1.33. The fraction of sp³-hybridized carbons (Fsp3) is 0.560. The van der Waals surface area contributed by atoms with Crippen molar-refractivity contribution in [1.29, 1.82) is 0 Å². The molecule has 0 unspecified atom stereocenters. The first-order chi connectivity index (χ1) is 16.3. The Labute approximate surface area is 203 Å². The van der Waals surface area contributed by atoms with E-state index in [1.54, 1.807) is 19.2 Å². The summed E-state index contributed by atoms with van der Waals surface area (Å²) in [4.78, 5) is 26.3. The number of rotatable bonds is 4. The van der Waals surface area contributed by atoms with E-state index in [-0.39, 0.29) is 29.7 Å². The molecule has 3 atom stereocenters. The molecule has 4 rings (SSSR count). The Kier molecular flexibility index (Phi) is 6.46. The van der Waals surface area contributed by atoms with E-state index in [1.807, 2.05) is 18.5 Å². The molecule has 1 saturated heterocycles. The first-order valence-electron chi connectivity index (χ1n) is 11.9. The van der Waals surface area contributed by atoms with Crippen LogP contribution in [0.3, 0.4) is 0 Å². The molecule has 1 aliphatic rings. The molecule has 35 heavy (non-hydrogen) atoms. The van der Waals surface area contributed by atoms with Gasteiger partial charge in [0.1, 0.15) is 17.0 Å². The number of imidazole rings is 1. The number of halogens is 3. The highest BCUT2D eigenvalue weighted by Gasteiger charge is 2.37. The molecule has 190 valence electrons. The predicted molar refractivity (Wildman–Crippen MR) is 130 cm³/mol. The van der Waals surface area contributed by atoms with Crippen molar-refractivity contribution in [2.75, 3.05) is 18.0 Å². The summed E-state index contributed by atoms with van der Waals surface area (Å²) in [6.45, 7) is 11.6. The van der Waals surface area contributed by atoms with Gasteiger partial charge in [0.15, 0.2) is 5.82 Å². The van der Waals surface area contributed by atoms with Crippen LogP contribution in [0.15, 0.2) is 29.1 Å². The molecule has 0 aliphatic carbocycles. The van der Waals surface area contributed by atoms with Crippen LogP contribution in [0.5, 0.6) is 0 Å². The number of aromatic nitrogens is 4. The van der Waals surface area contributed by atoms with E-state index in [2.05, 4.69) is 42.5 Å². The van der Waals surface area contributed by atoms with Gasteiger partial charge in [0, 0.05) is 45.3 Å². The standard InChI is InChI=1S/C25H33F3N6O/c1-14(2)21(18-8-10-19(11-9-18)25(26,27)28)33-12-16(4)34(13-15(33)3)22-20-23(31(6)17(5)29-20)32(7)24(35)30-22/h8-11,14-16,21H,12-13H2,1-7H3/t15-,16+,21+/m1/s1. The molecule has 3 aromatic rings. The van der Waals surface area contributed by atoms with Gasteiger partial charge in [-0.25, -0.2) is 9.78 Å². The molecule has 0 N–H and O–H groups in total. The zero-order valence-corrected chi connectivity index (χ0v) is 21.3. The molecule has 7 nitrogen and oxygen atoms in total. The predicted octanol–water partition coefficient (Wildman–Crippen LogP) is 4.29. The molecule has 0 saturated carbocycles. The van der Waals surface area contributed by atoms with Crippen LogP contribution in [0.1, 0.15) is 50.7 Å². The zero-order valence-electron chi connectivity index (χ0n) is 21.3. The average molecular weight is 491 g/mol. The van der Waals surface area contributed by atoms with E-state index >= 15 is 0 Å². The normalized spacial score (nSPS) is 20.7. The number of hydrogen-bond donors (Lipinski definition) is 0. The number of anilines is 1. The van der Waals surface area contributed by atoms with Crippen LogP contribution in [0, 0.1) is 12.8 Å². The van der Waals surface area contributed by atoms with Crippen LogP contribution in [-0.4, -0.2) is 49.2 Å². The molecule has 0 amide bonds. The zero-order chi connectivity index (χ0) is 25.8. The first-order valence-corrected chi connectivity index (χ1v) is 11.9. The van der Waals surface area contributed by atoms with E-state index < -0.39 is 11.7 Å². The number of hydrogen-bond acceptors (Lipinski definition) is 5. The molecule has 1 aromatic carbocycles. The van der Waals surface area contributed by atoms with Crippen LogP contribution >= 0.6 is 0 Å². The second-order valence-electron chi connectivity index (χ2n) is 10.0. The molecular formula is C25H33F3N6O. The van der Waals surface area contributed by atoms with Crippen molar-refractivity contribution in [2.24, 2.45) is 20.0 Å². The number of nitrogens with zero attached hydrogens (tertiary/aromatic N) is 6. The maximum absolute atomic E-state index is 13.1. The summed E-state index contributed by atoms with van der Waals surface area (Å²) >= 11 is 0. The van der Waals surface area contributed by atoms with Crippen molar-refractivity contribution < 1.29 is 13.2 Å². The van der Waals surface area contributed by atoms with Crippen LogP contribution < -0.4 is 10.6 Å². The highest BCUT2D eigenvalue weighted by Crippen LogP contribution is 2.37. The topological polar surface area (TPSA) is 59.2 Å². The van der Waals surface area contributed by atoms with E-state index in [9.17, 15) is 18.0 Å². The fourth-order valence-electron chi connectivity index (χ4n) is 5.31. The Hall–Kier alpha value is -2.88. The largest absolute Gasteiger partial charge is 0.416 e. The SMILES string of the molecule is Cc1nc2c(N3C[C@@H](C)N([C@H](c4ccc(C(F)(F)F)cc4)C(C)C)C[C@@H]3C)nc(=O)n(C)c2n1C. The van der Waals surface area contributed by atoms with Crippen molar-refractivity contribution in [1.82, 2.24) is 24.0 Å². The lowest BCUT2D eigenvalue weighted by Crippen LogP contribution is -2.58. The molecule has 0 radical (unpaired) electrons. The Balaban J connectivity index is 1.67. The fourth-order valence-corrected chi connectivity index (χ4v) is 5.31. The number of piperazine rings is 1. The quantitative estimate of drug-likeness (QED) is 0.546. The number of aryl methyl sites for hydroxylation is 3. The maximum Gasteiger partial charge on any atom is 0.416 e. The van der Waals surface area contributed by atoms with Crippen LogP contribution in [0.25, 0.3) is 11.2 Å². The second-order valence-corrected chi connectivity index (χ2v) is 10.0. The van der Waals surface area contributed by atoms with E-state index in [4.69, 9.17) is 4.98 Å². The van der Waals surface area contributed by atoms with Gasteiger partial charge in [-0.15, -0.1) is 0 Å². The lowest BCUT2D eigenvalue weighted by molar-refractivity contribution is -0.137.